The molecule has 0 bridgehead atoms. The van der Waals surface area contributed by atoms with Gasteiger partial charge in [-0.25, -0.2) is 13.2 Å². The van der Waals surface area contributed by atoms with Crippen molar-refractivity contribution < 1.29 is 22.6 Å². The third-order valence-electron chi connectivity index (χ3n) is 2.48. The van der Waals surface area contributed by atoms with Gasteiger partial charge in [-0.1, -0.05) is 0 Å². The van der Waals surface area contributed by atoms with Gasteiger partial charge in [0.2, 0.25) is 0 Å². The van der Waals surface area contributed by atoms with Crippen molar-refractivity contribution in [2.45, 2.75) is 6.92 Å². The Hall–Kier alpha value is -2.37. The number of hydrogen-bond acceptors (Lipinski definition) is 3. The molecule has 0 aliphatic carbocycles. The lowest BCUT2D eigenvalue weighted by atomic mass is 10.2. The Labute approximate surface area is 113 Å². The maximum Gasteiger partial charge on any atom is 0.168 e. The molecule has 0 heterocycles. The van der Waals surface area contributed by atoms with E-state index in [1.165, 1.54) is 6.07 Å². The minimum Gasteiger partial charge on any atom is -0.491 e. The van der Waals surface area contributed by atoms with Crippen molar-refractivity contribution in [3.63, 3.8) is 0 Å². The average Bonchev–Trinajstić information content (AvgIpc) is 2.38. The molecule has 20 heavy (non-hydrogen) atoms. The van der Waals surface area contributed by atoms with E-state index < -0.39 is 17.5 Å². The summed E-state index contributed by atoms with van der Waals surface area (Å²) in [5.74, 6) is -2.49. The number of anilines is 1. The van der Waals surface area contributed by atoms with Crippen molar-refractivity contribution in [1.29, 1.82) is 0 Å². The highest BCUT2D eigenvalue weighted by Gasteiger charge is 2.13. The van der Waals surface area contributed by atoms with Crippen LogP contribution in [0.1, 0.15) is 6.92 Å². The number of nitrogen functional groups attached to an aromatic ring is 1. The molecule has 6 heteroatoms. The van der Waals surface area contributed by atoms with Crippen molar-refractivity contribution >= 4 is 5.69 Å². The third-order valence-corrected chi connectivity index (χ3v) is 2.48. The first kappa shape index (κ1) is 14.0. The molecule has 2 aromatic rings. The van der Waals surface area contributed by atoms with Gasteiger partial charge in [-0.2, -0.15) is 0 Å². The Kier molecular flexibility index (Phi) is 4.02. The summed E-state index contributed by atoms with van der Waals surface area (Å²) in [5, 5.41) is 0. The predicted octanol–water partition coefficient (Wildman–Crippen LogP) is 3.88. The van der Waals surface area contributed by atoms with Crippen molar-refractivity contribution in [3.05, 3.63) is 47.8 Å². The average molecular weight is 283 g/mol. The first-order chi connectivity index (χ1) is 9.51. The van der Waals surface area contributed by atoms with Crippen molar-refractivity contribution in [1.82, 2.24) is 0 Å². The fraction of sp³-hybridized carbons (Fsp3) is 0.143. The van der Waals surface area contributed by atoms with Crippen LogP contribution in [-0.4, -0.2) is 6.61 Å². The SMILES string of the molecule is CCOc1cc(Oc2ccc(F)cc2F)c(N)cc1F. The van der Waals surface area contributed by atoms with Gasteiger partial charge in [0.15, 0.2) is 28.9 Å². The minimum atomic E-state index is -0.883. The van der Waals surface area contributed by atoms with Gasteiger partial charge < -0.3 is 15.2 Å². The number of ether oxygens (including phenoxy) is 2. The molecule has 0 aliphatic heterocycles. The van der Waals surface area contributed by atoms with Crippen LogP contribution in [0.4, 0.5) is 18.9 Å². The van der Waals surface area contributed by atoms with E-state index >= 15 is 0 Å². The second-order valence-electron chi connectivity index (χ2n) is 3.93. The van der Waals surface area contributed by atoms with Crippen molar-refractivity contribution in [2.24, 2.45) is 0 Å². The molecule has 2 aromatic carbocycles. The molecule has 2 N–H and O–H groups in total. The molecule has 0 aromatic heterocycles. The van der Waals surface area contributed by atoms with Gasteiger partial charge >= 0.3 is 0 Å². The van der Waals surface area contributed by atoms with Crippen molar-refractivity contribution in [2.75, 3.05) is 12.3 Å². The Bertz CT molecular complexity index is 632. The van der Waals surface area contributed by atoms with Crippen LogP contribution in [0.25, 0.3) is 0 Å². The number of hydrogen-bond donors (Lipinski definition) is 1. The van der Waals surface area contributed by atoms with Gasteiger partial charge in [0.05, 0.1) is 12.3 Å². The molecule has 0 saturated heterocycles. The fourth-order valence-electron chi connectivity index (χ4n) is 1.58. The third kappa shape index (κ3) is 2.96. The minimum absolute atomic E-state index is 0.0188. The van der Waals surface area contributed by atoms with Crippen LogP contribution < -0.4 is 15.2 Å². The molecule has 3 nitrogen and oxygen atoms in total. The highest BCUT2D eigenvalue weighted by molar-refractivity contribution is 5.57. The largest absolute Gasteiger partial charge is 0.491 e. The van der Waals surface area contributed by atoms with E-state index in [-0.39, 0.29) is 29.5 Å². The standard InChI is InChI=1S/C14H12F3NO2/c1-2-19-13-7-14(11(18)6-10(13)17)20-12-4-3-8(15)5-9(12)16/h3-7H,2,18H2,1H3. The predicted molar refractivity (Wildman–Crippen MR) is 68.4 cm³/mol. The van der Waals surface area contributed by atoms with Crippen LogP contribution in [0.15, 0.2) is 30.3 Å². The normalized spacial score (nSPS) is 10.4. The summed E-state index contributed by atoms with van der Waals surface area (Å²) >= 11 is 0. The van der Waals surface area contributed by atoms with E-state index in [0.29, 0.717) is 6.07 Å². The molecule has 0 spiro atoms. The molecular weight excluding hydrogens is 271 g/mol. The van der Waals surface area contributed by atoms with E-state index in [1.807, 2.05) is 0 Å². The maximum atomic E-state index is 13.5. The zero-order valence-electron chi connectivity index (χ0n) is 10.6. The van der Waals surface area contributed by atoms with Crippen LogP contribution in [-0.2, 0) is 0 Å². The van der Waals surface area contributed by atoms with E-state index in [4.69, 9.17) is 15.2 Å². The molecule has 106 valence electrons. The van der Waals surface area contributed by atoms with Gasteiger partial charge in [0.1, 0.15) is 5.82 Å². The second kappa shape index (κ2) is 5.73. The van der Waals surface area contributed by atoms with E-state index in [9.17, 15) is 13.2 Å². The van der Waals surface area contributed by atoms with Crippen LogP contribution in [0, 0.1) is 17.5 Å². The topological polar surface area (TPSA) is 44.5 Å². The smallest absolute Gasteiger partial charge is 0.168 e. The fourth-order valence-corrected chi connectivity index (χ4v) is 1.58. The number of halogens is 3. The van der Waals surface area contributed by atoms with Gasteiger partial charge in [-0.3, -0.25) is 0 Å². The zero-order chi connectivity index (χ0) is 14.7. The molecule has 0 radical (unpaired) electrons. The molecule has 0 atom stereocenters. The highest BCUT2D eigenvalue weighted by Crippen LogP contribution is 2.34. The molecular formula is C14H12F3NO2. The summed E-state index contributed by atoms with van der Waals surface area (Å²) in [7, 11) is 0. The molecule has 0 saturated carbocycles. The zero-order valence-corrected chi connectivity index (χ0v) is 10.6. The maximum absolute atomic E-state index is 13.5. The number of benzene rings is 2. The van der Waals surface area contributed by atoms with Gasteiger partial charge in [0.25, 0.3) is 0 Å². The van der Waals surface area contributed by atoms with Gasteiger partial charge in [-0.15, -0.1) is 0 Å². The molecule has 0 fully saturated rings. The van der Waals surface area contributed by atoms with Gasteiger partial charge in [0, 0.05) is 18.2 Å². The summed E-state index contributed by atoms with van der Waals surface area (Å²) < 4.78 is 50.1. The first-order valence-electron chi connectivity index (χ1n) is 5.86. The molecule has 2 rings (SSSR count). The Morgan fingerprint density at radius 1 is 0.950 bits per heavy atom. The Morgan fingerprint density at radius 3 is 2.30 bits per heavy atom. The summed E-state index contributed by atoms with van der Waals surface area (Å²) in [5.41, 5.74) is 5.58. The number of nitrogens with two attached hydrogens (primary N) is 1. The van der Waals surface area contributed by atoms with Crippen LogP contribution >= 0.6 is 0 Å². The summed E-state index contributed by atoms with van der Waals surface area (Å²) in [6.07, 6.45) is 0. The van der Waals surface area contributed by atoms with Crippen LogP contribution in [0.3, 0.4) is 0 Å². The van der Waals surface area contributed by atoms with Crippen LogP contribution in [0.5, 0.6) is 17.2 Å². The van der Waals surface area contributed by atoms with Crippen LogP contribution in [0.2, 0.25) is 0 Å². The van der Waals surface area contributed by atoms with Crippen molar-refractivity contribution in [3.8, 4) is 17.2 Å². The highest BCUT2D eigenvalue weighted by atomic mass is 19.1. The van der Waals surface area contributed by atoms with Gasteiger partial charge in [-0.05, 0) is 19.1 Å². The second-order valence-corrected chi connectivity index (χ2v) is 3.93. The van der Waals surface area contributed by atoms with E-state index in [1.54, 1.807) is 6.92 Å². The lowest BCUT2D eigenvalue weighted by Crippen LogP contribution is -1.99. The van der Waals surface area contributed by atoms with E-state index in [2.05, 4.69) is 0 Å². The Balaban J connectivity index is 2.35. The molecule has 0 amide bonds. The first-order valence-corrected chi connectivity index (χ1v) is 5.86. The summed E-state index contributed by atoms with van der Waals surface area (Å²) in [6, 6.07) is 5.08. The monoisotopic (exact) mass is 283 g/mol. The lowest BCUT2D eigenvalue weighted by molar-refractivity contribution is 0.319. The summed E-state index contributed by atoms with van der Waals surface area (Å²) in [6.45, 7) is 1.95. The summed E-state index contributed by atoms with van der Waals surface area (Å²) in [4.78, 5) is 0. The quantitative estimate of drug-likeness (QED) is 0.866. The molecule has 0 aliphatic rings. The molecule has 0 unspecified atom stereocenters. The lowest BCUT2D eigenvalue weighted by Gasteiger charge is -2.12. The number of rotatable bonds is 4. The van der Waals surface area contributed by atoms with E-state index in [0.717, 1.165) is 18.2 Å². The Morgan fingerprint density at radius 2 is 1.65 bits per heavy atom.